The topological polar surface area (TPSA) is 55.8 Å². The first-order chi connectivity index (χ1) is 10.6. The number of hydrogen-bond donors (Lipinski definition) is 2. The number of aliphatic imine (C=N–C) groups is 1. The quantitative estimate of drug-likeness (QED) is 0.397. The predicted octanol–water partition coefficient (Wildman–Crippen LogP) is 1.02. The molecule has 1 saturated heterocycles. The van der Waals surface area contributed by atoms with Crippen molar-refractivity contribution >= 4 is 41.3 Å². The van der Waals surface area contributed by atoms with E-state index in [0.29, 0.717) is 6.04 Å². The lowest BCUT2D eigenvalue weighted by Gasteiger charge is -2.37. The average Bonchev–Trinajstić information content (AvgIpc) is 2.91. The van der Waals surface area contributed by atoms with Crippen LogP contribution in [0.15, 0.2) is 11.2 Å². The van der Waals surface area contributed by atoms with E-state index >= 15 is 0 Å². The van der Waals surface area contributed by atoms with E-state index in [4.69, 9.17) is 0 Å². The second kappa shape index (κ2) is 10.4. The molecule has 0 amide bonds. The molecule has 0 aromatic carbocycles. The van der Waals surface area contributed by atoms with Crippen LogP contribution in [0.4, 0.5) is 0 Å². The van der Waals surface area contributed by atoms with E-state index in [9.17, 15) is 0 Å². The lowest BCUT2D eigenvalue weighted by molar-refractivity contribution is 0.116. The molecule has 132 valence electrons. The van der Waals surface area contributed by atoms with Gasteiger partial charge in [0.05, 0.1) is 5.01 Å². The number of nitrogens with zero attached hydrogens (tertiary/aromatic N) is 4. The summed E-state index contributed by atoms with van der Waals surface area (Å²) in [6.45, 7) is 7.22. The Morgan fingerprint density at radius 1 is 1.39 bits per heavy atom. The number of hydrogen-bond acceptors (Lipinski definition) is 5. The van der Waals surface area contributed by atoms with Crippen molar-refractivity contribution in [2.75, 3.05) is 53.9 Å². The van der Waals surface area contributed by atoms with Gasteiger partial charge in [-0.2, -0.15) is 0 Å². The van der Waals surface area contributed by atoms with Gasteiger partial charge in [-0.1, -0.05) is 0 Å². The third kappa shape index (κ3) is 6.90. The summed E-state index contributed by atoms with van der Waals surface area (Å²) < 4.78 is 0. The zero-order chi connectivity index (χ0) is 15.9. The van der Waals surface area contributed by atoms with Gasteiger partial charge in [-0.3, -0.25) is 9.89 Å². The minimum Gasteiger partial charge on any atom is -0.356 e. The SMILES string of the molecule is CN=C(NCCc1ncc(C)s1)NCC1CN(C)CCN1C.I. The van der Waals surface area contributed by atoms with Crippen LogP contribution in [0, 0.1) is 6.92 Å². The lowest BCUT2D eigenvalue weighted by atomic mass is 10.2. The van der Waals surface area contributed by atoms with Crippen LogP contribution in [-0.4, -0.2) is 80.7 Å². The molecule has 0 saturated carbocycles. The molecule has 1 unspecified atom stereocenters. The zero-order valence-electron chi connectivity index (χ0n) is 14.5. The molecule has 1 aromatic heterocycles. The van der Waals surface area contributed by atoms with E-state index in [0.717, 1.165) is 45.1 Å². The molecule has 1 aromatic rings. The fraction of sp³-hybridized carbons (Fsp3) is 0.733. The molecule has 2 heterocycles. The normalized spacial score (nSPS) is 20.2. The molecule has 6 nitrogen and oxygen atoms in total. The fourth-order valence-corrected chi connectivity index (χ4v) is 3.35. The number of thiazole rings is 1. The standard InChI is InChI=1S/C15H28N6S.HI/c1-12-9-18-14(22-12)5-6-17-15(16-2)19-10-13-11-20(3)7-8-21(13)4;/h9,13H,5-8,10-11H2,1-4H3,(H2,16,17,19);1H. The number of rotatable bonds is 5. The summed E-state index contributed by atoms with van der Waals surface area (Å²) in [5.41, 5.74) is 0. The zero-order valence-corrected chi connectivity index (χ0v) is 17.6. The van der Waals surface area contributed by atoms with Crippen molar-refractivity contribution in [3.63, 3.8) is 0 Å². The van der Waals surface area contributed by atoms with E-state index in [-0.39, 0.29) is 24.0 Å². The molecule has 0 bridgehead atoms. The summed E-state index contributed by atoms with van der Waals surface area (Å²) in [6.07, 6.45) is 2.87. The van der Waals surface area contributed by atoms with Crippen LogP contribution in [-0.2, 0) is 6.42 Å². The highest BCUT2D eigenvalue weighted by Crippen LogP contribution is 2.10. The molecule has 0 spiro atoms. The first-order valence-corrected chi connectivity index (χ1v) is 8.64. The van der Waals surface area contributed by atoms with Gasteiger partial charge in [-0.05, 0) is 21.0 Å². The molecule has 1 aliphatic heterocycles. The summed E-state index contributed by atoms with van der Waals surface area (Å²) in [6, 6.07) is 0.527. The summed E-state index contributed by atoms with van der Waals surface area (Å²) in [5.74, 6) is 0.870. The minimum atomic E-state index is 0. The van der Waals surface area contributed by atoms with Gasteiger partial charge in [-0.15, -0.1) is 35.3 Å². The summed E-state index contributed by atoms with van der Waals surface area (Å²) in [5, 5.41) is 7.98. The van der Waals surface area contributed by atoms with Crippen LogP contribution in [0.3, 0.4) is 0 Å². The van der Waals surface area contributed by atoms with E-state index < -0.39 is 0 Å². The second-order valence-corrected chi connectivity index (χ2v) is 7.21. The number of guanidine groups is 1. The third-order valence-corrected chi connectivity index (χ3v) is 4.98. The molecule has 8 heteroatoms. The first kappa shape index (κ1) is 20.6. The van der Waals surface area contributed by atoms with Crippen molar-refractivity contribution in [2.45, 2.75) is 19.4 Å². The Morgan fingerprint density at radius 2 is 2.17 bits per heavy atom. The van der Waals surface area contributed by atoms with Crippen molar-refractivity contribution in [1.82, 2.24) is 25.4 Å². The molecule has 0 aliphatic carbocycles. The van der Waals surface area contributed by atoms with Crippen LogP contribution in [0.2, 0.25) is 0 Å². The summed E-state index contributed by atoms with van der Waals surface area (Å²) >= 11 is 1.76. The van der Waals surface area contributed by atoms with Crippen LogP contribution in [0.5, 0.6) is 0 Å². The third-order valence-electron chi connectivity index (χ3n) is 4.01. The lowest BCUT2D eigenvalue weighted by Crippen LogP contribution is -2.55. The largest absolute Gasteiger partial charge is 0.356 e. The second-order valence-electron chi connectivity index (χ2n) is 5.89. The minimum absolute atomic E-state index is 0. The Morgan fingerprint density at radius 3 is 2.83 bits per heavy atom. The molecule has 23 heavy (non-hydrogen) atoms. The first-order valence-electron chi connectivity index (χ1n) is 7.83. The molecular formula is C15H29IN6S. The predicted molar refractivity (Wildman–Crippen MR) is 109 cm³/mol. The average molecular weight is 452 g/mol. The highest BCUT2D eigenvalue weighted by Gasteiger charge is 2.21. The Kier molecular flexibility index (Phi) is 9.33. The molecule has 1 atom stereocenters. The van der Waals surface area contributed by atoms with Crippen molar-refractivity contribution in [2.24, 2.45) is 4.99 Å². The monoisotopic (exact) mass is 452 g/mol. The van der Waals surface area contributed by atoms with Gasteiger partial charge in [0.1, 0.15) is 0 Å². The van der Waals surface area contributed by atoms with Gasteiger partial charge in [-0.25, -0.2) is 4.98 Å². The van der Waals surface area contributed by atoms with Crippen molar-refractivity contribution < 1.29 is 0 Å². The van der Waals surface area contributed by atoms with Crippen molar-refractivity contribution in [1.29, 1.82) is 0 Å². The van der Waals surface area contributed by atoms with Crippen LogP contribution in [0.25, 0.3) is 0 Å². The maximum Gasteiger partial charge on any atom is 0.191 e. The van der Waals surface area contributed by atoms with Crippen molar-refractivity contribution in [3.05, 3.63) is 16.1 Å². The number of halogens is 1. The summed E-state index contributed by atoms with van der Waals surface area (Å²) in [7, 11) is 6.20. The Labute approximate surface area is 160 Å². The number of piperazine rings is 1. The number of nitrogens with one attached hydrogen (secondary N) is 2. The van der Waals surface area contributed by atoms with Gasteiger partial charge < -0.3 is 15.5 Å². The van der Waals surface area contributed by atoms with Gasteiger partial charge in [0.25, 0.3) is 0 Å². The highest BCUT2D eigenvalue weighted by atomic mass is 127. The van der Waals surface area contributed by atoms with Gasteiger partial charge in [0.2, 0.25) is 0 Å². The Hall–Kier alpha value is -0.450. The van der Waals surface area contributed by atoms with Crippen LogP contribution < -0.4 is 10.6 Å². The van der Waals surface area contributed by atoms with Crippen LogP contribution in [0.1, 0.15) is 9.88 Å². The Balaban J connectivity index is 0.00000264. The van der Waals surface area contributed by atoms with E-state index in [1.54, 1.807) is 11.3 Å². The van der Waals surface area contributed by atoms with E-state index in [1.807, 2.05) is 13.2 Å². The van der Waals surface area contributed by atoms with E-state index in [2.05, 4.69) is 51.4 Å². The fourth-order valence-electron chi connectivity index (χ4n) is 2.56. The Bertz CT molecular complexity index is 492. The number of aryl methyl sites for hydroxylation is 1. The molecule has 0 radical (unpaired) electrons. The molecule has 1 aliphatic rings. The smallest absolute Gasteiger partial charge is 0.191 e. The molecule has 2 N–H and O–H groups in total. The van der Waals surface area contributed by atoms with Gasteiger partial charge >= 0.3 is 0 Å². The molecule has 2 rings (SSSR count). The number of aromatic nitrogens is 1. The summed E-state index contributed by atoms with van der Waals surface area (Å²) in [4.78, 5) is 14.7. The highest BCUT2D eigenvalue weighted by molar-refractivity contribution is 14.0. The van der Waals surface area contributed by atoms with Gasteiger partial charge in [0.15, 0.2) is 5.96 Å². The van der Waals surface area contributed by atoms with Gasteiger partial charge in [0, 0.05) is 63.3 Å². The van der Waals surface area contributed by atoms with Crippen LogP contribution >= 0.6 is 35.3 Å². The number of likely N-dealkylation sites (N-methyl/N-ethyl adjacent to an activating group) is 2. The maximum atomic E-state index is 4.38. The molecule has 1 fully saturated rings. The maximum absolute atomic E-state index is 4.38. The van der Waals surface area contributed by atoms with E-state index in [1.165, 1.54) is 9.88 Å². The van der Waals surface area contributed by atoms with Crippen molar-refractivity contribution in [3.8, 4) is 0 Å². The molecular weight excluding hydrogens is 423 g/mol.